The van der Waals surface area contributed by atoms with Crippen molar-refractivity contribution in [2.75, 3.05) is 5.32 Å². The van der Waals surface area contributed by atoms with Gasteiger partial charge in [0.05, 0.1) is 0 Å². The lowest BCUT2D eigenvalue weighted by atomic mass is 10.0. The van der Waals surface area contributed by atoms with Crippen molar-refractivity contribution in [3.63, 3.8) is 0 Å². The van der Waals surface area contributed by atoms with E-state index in [0.29, 0.717) is 11.3 Å². The molecule has 0 radical (unpaired) electrons. The number of hydrogen-bond donors (Lipinski definition) is 1. The first kappa shape index (κ1) is 17.7. The van der Waals surface area contributed by atoms with Crippen LogP contribution in [0.1, 0.15) is 23.6 Å². The van der Waals surface area contributed by atoms with Crippen molar-refractivity contribution in [1.82, 2.24) is 0 Å². The highest BCUT2D eigenvalue weighted by Crippen LogP contribution is 2.23. The number of ether oxygens (including phenoxy) is 1. The fourth-order valence-corrected chi connectivity index (χ4v) is 2.97. The SMILES string of the molecule is Cc1cc(C)c(NC(=O)[C@H](C)Oc2ccc3ccc(=O)oc3c2)c(C)c1. The van der Waals surface area contributed by atoms with Crippen molar-refractivity contribution < 1.29 is 13.9 Å². The van der Waals surface area contributed by atoms with Crippen LogP contribution in [-0.4, -0.2) is 12.0 Å². The van der Waals surface area contributed by atoms with E-state index in [1.54, 1.807) is 31.2 Å². The molecule has 0 bridgehead atoms. The van der Waals surface area contributed by atoms with E-state index >= 15 is 0 Å². The average molecular weight is 351 g/mol. The van der Waals surface area contributed by atoms with Crippen LogP contribution >= 0.6 is 0 Å². The molecule has 0 fully saturated rings. The largest absolute Gasteiger partial charge is 0.481 e. The van der Waals surface area contributed by atoms with Gasteiger partial charge in [0.1, 0.15) is 11.3 Å². The van der Waals surface area contributed by atoms with Crippen molar-refractivity contribution in [1.29, 1.82) is 0 Å². The summed E-state index contributed by atoms with van der Waals surface area (Å²) in [7, 11) is 0. The third-order valence-electron chi connectivity index (χ3n) is 4.20. The Hall–Kier alpha value is -3.08. The number of nitrogens with one attached hydrogen (secondary N) is 1. The Kier molecular flexibility index (Phi) is 4.80. The van der Waals surface area contributed by atoms with Gasteiger partial charge in [0, 0.05) is 23.2 Å². The van der Waals surface area contributed by atoms with Crippen molar-refractivity contribution in [2.24, 2.45) is 0 Å². The van der Waals surface area contributed by atoms with E-state index in [2.05, 4.69) is 5.32 Å². The lowest BCUT2D eigenvalue weighted by molar-refractivity contribution is -0.122. The van der Waals surface area contributed by atoms with Gasteiger partial charge >= 0.3 is 5.63 Å². The van der Waals surface area contributed by atoms with Crippen LogP contribution in [0, 0.1) is 20.8 Å². The summed E-state index contributed by atoms with van der Waals surface area (Å²) in [5.74, 6) is 0.224. The van der Waals surface area contributed by atoms with Crippen molar-refractivity contribution in [3.8, 4) is 5.75 Å². The molecule has 0 unspecified atom stereocenters. The van der Waals surface area contributed by atoms with Crippen molar-refractivity contribution in [3.05, 3.63) is 69.6 Å². The Labute approximate surface area is 151 Å². The van der Waals surface area contributed by atoms with Crippen LogP contribution in [0.25, 0.3) is 11.0 Å². The Morgan fingerprint density at radius 3 is 2.38 bits per heavy atom. The van der Waals surface area contributed by atoms with Crippen LogP contribution in [0.15, 0.2) is 51.7 Å². The molecule has 5 heteroatoms. The van der Waals surface area contributed by atoms with Gasteiger partial charge in [-0.2, -0.15) is 0 Å². The number of anilines is 1. The summed E-state index contributed by atoms with van der Waals surface area (Å²) in [6.45, 7) is 7.63. The molecule has 0 spiro atoms. The van der Waals surface area contributed by atoms with E-state index in [4.69, 9.17) is 9.15 Å². The second-order valence-corrected chi connectivity index (χ2v) is 6.48. The van der Waals surface area contributed by atoms with Gasteiger partial charge in [-0.15, -0.1) is 0 Å². The lowest BCUT2D eigenvalue weighted by Gasteiger charge is -2.17. The van der Waals surface area contributed by atoms with E-state index in [0.717, 1.165) is 27.8 Å². The first-order valence-corrected chi connectivity index (χ1v) is 8.43. The molecule has 1 N–H and O–H groups in total. The zero-order valence-electron chi connectivity index (χ0n) is 15.3. The number of benzene rings is 2. The normalized spacial score (nSPS) is 12.0. The average Bonchev–Trinajstić information content (AvgIpc) is 2.57. The maximum atomic E-state index is 12.5. The number of aryl methyl sites for hydroxylation is 3. The minimum atomic E-state index is -0.706. The first-order valence-electron chi connectivity index (χ1n) is 8.43. The standard InChI is InChI=1S/C21H21NO4/c1-12-9-13(2)20(14(3)10-12)22-21(24)15(4)25-17-7-5-16-6-8-19(23)26-18(16)11-17/h5-11,15H,1-4H3,(H,22,24)/t15-/m0/s1. The van der Waals surface area contributed by atoms with Gasteiger partial charge in [0.15, 0.2) is 6.10 Å². The molecule has 0 saturated carbocycles. The number of amides is 1. The highest BCUT2D eigenvalue weighted by molar-refractivity contribution is 5.95. The molecular weight excluding hydrogens is 330 g/mol. The fourth-order valence-electron chi connectivity index (χ4n) is 2.97. The Morgan fingerprint density at radius 1 is 1.04 bits per heavy atom. The van der Waals surface area contributed by atoms with Gasteiger partial charge in [-0.05, 0) is 57.0 Å². The topological polar surface area (TPSA) is 68.5 Å². The maximum Gasteiger partial charge on any atom is 0.336 e. The lowest BCUT2D eigenvalue weighted by Crippen LogP contribution is -2.30. The molecule has 0 aliphatic rings. The van der Waals surface area contributed by atoms with Gasteiger partial charge in [-0.25, -0.2) is 4.79 Å². The molecule has 134 valence electrons. The molecule has 0 aliphatic heterocycles. The predicted molar refractivity (Wildman–Crippen MR) is 102 cm³/mol. The van der Waals surface area contributed by atoms with E-state index < -0.39 is 11.7 Å². The monoisotopic (exact) mass is 351 g/mol. The Balaban J connectivity index is 1.76. The molecule has 0 saturated heterocycles. The smallest absolute Gasteiger partial charge is 0.336 e. The molecule has 5 nitrogen and oxygen atoms in total. The highest BCUT2D eigenvalue weighted by Gasteiger charge is 2.17. The van der Waals surface area contributed by atoms with Crippen molar-refractivity contribution >= 4 is 22.6 Å². The molecule has 1 amide bonds. The number of carbonyl (C=O) groups is 1. The third kappa shape index (κ3) is 3.77. The molecule has 0 aliphatic carbocycles. The summed E-state index contributed by atoms with van der Waals surface area (Å²) >= 11 is 0. The fraction of sp³-hybridized carbons (Fsp3) is 0.238. The highest BCUT2D eigenvalue weighted by atomic mass is 16.5. The molecule has 2 aromatic carbocycles. The zero-order chi connectivity index (χ0) is 18.8. The summed E-state index contributed by atoms with van der Waals surface area (Å²) in [5.41, 5.74) is 3.98. The van der Waals surface area contributed by atoms with Gasteiger partial charge in [0.25, 0.3) is 5.91 Å². The zero-order valence-corrected chi connectivity index (χ0v) is 15.3. The van der Waals surface area contributed by atoms with E-state index in [9.17, 15) is 9.59 Å². The maximum absolute atomic E-state index is 12.5. The second-order valence-electron chi connectivity index (χ2n) is 6.48. The first-order chi connectivity index (χ1) is 12.3. The van der Waals surface area contributed by atoms with Gasteiger partial charge in [-0.1, -0.05) is 17.7 Å². The number of rotatable bonds is 4. The second kappa shape index (κ2) is 7.04. The molecule has 26 heavy (non-hydrogen) atoms. The van der Waals surface area contributed by atoms with Crippen LogP contribution in [0.5, 0.6) is 5.75 Å². The predicted octanol–water partition coefficient (Wildman–Crippen LogP) is 4.12. The summed E-state index contributed by atoms with van der Waals surface area (Å²) in [4.78, 5) is 23.9. The van der Waals surface area contributed by atoms with Gasteiger partial charge in [0.2, 0.25) is 0 Å². The minimum absolute atomic E-state index is 0.241. The summed E-state index contributed by atoms with van der Waals surface area (Å²) in [6.07, 6.45) is -0.706. The Bertz CT molecular complexity index is 1010. The summed E-state index contributed by atoms with van der Waals surface area (Å²) in [6, 6.07) is 12.2. The molecule has 3 rings (SSSR count). The van der Waals surface area contributed by atoms with E-state index in [1.165, 1.54) is 6.07 Å². The Morgan fingerprint density at radius 2 is 1.69 bits per heavy atom. The minimum Gasteiger partial charge on any atom is -0.481 e. The number of carbonyl (C=O) groups excluding carboxylic acids is 1. The van der Waals surface area contributed by atoms with E-state index in [-0.39, 0.29) is 5.91 Å². The summed E-state index contributed by atoms with van der Waals surface area (Å²) < 4.78 is 10.9. The summed E-state index contributed by atoms with van der Waals surface area (Å²) in [5, 5.41) is 3.73. The molecule has 1 atom stereocenters. The van der Waals surface area contributed by atoms with Crippen LogP contribution in [-0.2, 0) is 4.79 Å². The van der Waals surface area contributed by atoms with Gasteiger partial charge in [-0.3, -0.25) is 4.79 Å². The van der Waals surface area contributed by atoms with Crippen molar-refractivity contribution in [2.45, 2.75) is 33.8 Å². The van der Waals surface area contributed by atoms with Crippen LogP contribution < -0.4 is 15.7 Å². The van der Waals surface area contributed by atoms with Crippen LogP contribution in [0.2, 0.25) is 0 Å². The van der Waals surface area contributed by atoms with Crippen LogP contribution in [0.3, 0.4) is 0 Å². The number of hydrogen-bond acceptors (Lipinski definition) is 4. The molecular formula is C21H21NO4. The van der Waals surface area contributed by atoms with Crippen LogP contribution in [0.4, 0.5) is 5.69 Å². The molecule has 1 heterocycles. The van der Waals surface area contributed by atoms with Gasteiger partial charge < -0.3 is 14.5 Å². The number of fused-ring (bicyclic) bond motifs is 1. The van der Waals surface area contributed by atoms with E-state index in [1.807, 2.05) is 32.9 Å². The molecule has 3 aromatic rings. The third-order valence-corrected chi connectivity index (χ3v) is 4.20. The molecule has 1 aromatic heterocycles. The quantitative estimate of drug-likeness (QED) is 0.718.